The van der Waals surface area contributed by atoms with Crippen molar-refractivity contribution in [3.63, 3.8) is 0 Å². The van der Waals surface area contributed by atoms with Crippen LogP contribution in [0.1, 0.15) is 20.7 Å². The molecule has 166 valence electrons. The van der Waals surface area contributed by atoms with Gasteiger partial charge in [0.15, 0.2) is 0 Å². The first-order valence-electron chi connectivity index (χ1n) is 8.67. The summed E-state index contributed by atoms with van der Waals surface area (Å²) in [5.74, 6) is -1.06. The molecule has 3 aromatic rings. The van der Waals surface area contributed by atoms with Crippen LogP contribution in [-0.4, -0.2) is 11.8 Å². The van der Waals surface area contributed by atoms with E-state index < -0.39 is 11.8 Å². The van der Waals surface area contributed by atoms with Gasteiger partial charge in [-0.05, 0) is 42.5 Å². The van der Waals surface area contributed by atoms with Crippen molar-refractivity contribution in [2.75, 3.05) is 10.9 Å². The van der Waals surface area contributed by atoms with Crippen LogP contribution in [0.2, 0.25) is 30.1 Å². The quantitative estimate of drug-likeness (QED) is 0.245. The molecule has 0 saturated carbocycles. The van der Waals surface area contributed by atoms with E-state index in [0.717, 1.165) is 0 Å². The van der Waals surface area contributed by atoms with Crippen molar-refractivity contribution < 1.29 is 9.59 Å². The fourth-order valence-corrected chi connectivity index (χ4v) is 4.33. The highest BCUT2D eigenvalue weighted by Crippen LogP contribution is 2.34. The molecule has 2 amide bonds. The molecule has 0 atom stereocenters. The van der Waals surface area contributed by atoms with Crippen LogP contribution in [0, 0.1) is 0 Å². The molecule has 0 fully saturated rings. The third-order valence-electron chi connectivity index (χ3n) is 4.00. The lowest BCUT2D eigenvalue weighted by Gasteiger charge is -2.13. The third kappa shape index (κ3) is 6.04. The summed E-state index contributed by atoms with van der Waals surface area (Å²) >= 11 is 36.1. The molecule has 0 bridgehead atoms. The summed E-state index contributed by atoms with van der Waals surface area (Å²) in [5, 5.41) is 1.60. The zero-order valence-electron chi connectivity index (χ0n) is 15.7. The first-order chi connectivity index (χ1) is 15.2. The highest BCUT2D eigenvalue weighted by atomic mass is 35.5. The number of hydrogen-bond donors (Lipinski definition) is 4. The molecule has 6 nitrogen and oxygen atoms in total. The number of amides is 2. The van der Waals surface area contributed by atoms with Crippen molar-refractivity contribution in [2.24, 2.45) is 0 Å². The molecule has 0 aliphatic carbocycles. The Hall–Kier alpha value is -2.06. The van der Waals surface area contributed by atoms with Gasteiger partial charge in [-0.2, -0.15) is 0 Å². The monoisotopic (exact) mass is 550 g/mol. The van der Waals surface area contributed by atoms with E-state index in [1.165, 1.54) is 42.5 Å². The zero-order chi connectivity index (χ0) is 23.4. The van der Waals surface area contributed by atoms with Gasteiger partial charge in [0.25, 0.3) is 11.8 Å². The van der Waals surface area contributed by atoms with Crippen LogP contribution >= 0.6 is 69.6 Å². The molecule has 32 heavy (non-hydrogen) atoms. The van der Waals surface area contributed by atoms with Crippen molar-refractivity contribution in [2.45, 2.75) is 0 Å². The number of nitrogens with one attached hydrogen (secondary N) is 4. The predicted molar refractivity (Wildman–Crippen MR) is 132 cm³/mol. The lowest BCUT2D eigenvalue weighted by molar-refractivity contribution is 0.0962. The second kappa shape index (κ2) is 10.7. The molecule has 3 aromatic carbocycles. The number of halogens is 6. The predicted octanol–water partition coefficient (Wildman–Crippen LogP) is 7.12. The molecule has 0 aliphatic heterocycles. The van der Waals surface area contributed by atoms with Crippen molar-refractivity contribution >= 4 is 92.8 Å². The van der Waals surface area contributed by atoms with Gasteiger partial charge in [0.2, 0.25) is 0 Å². The van der Waals surface area contributed by atoms with Crippen molar-refractivity contribution in [1.29, 1.82) is 0 Å². The maximum atomic E-state index is 12.5. The first-order valence-corrected chi connectivity index (χ1v) is 10.9. The number of carbonyl (C=O) groups excluding carboxylic acids is 2. The Labute approximate surface area is 213 Å². The number of hydrazine groups is 2. The minimum Gasteiger partial charge on any atom is -0.295 e. The molecule has 0 aromatic heterocycles. The minimum absolute atomic E-state index is 0.203. The number of rotatable bonds is 6. The van der Waals surface area contributed by atoms with Gasteiger partial charge < -0.3 is 0 Å². The van der Waals surface area contributed by atoms with E-state index in [4.69, 9.17) is 69.6 Å². The summed E-state index contributed by atoms with van der Waals surface area (Å²) in [4.78, 5) is 25.0. The van der Waals surface area contributed by atoms with Gasteiger partial charge in [0.05, 0.1) is 31.5 Å². The molecule has 4 N–H and O–H groups in total. The summed E-state index contributed by atoms with van der Waals surface area (Å²) in [6.45, 7) is 0. The molecule has 0 radical (unpaired) electrons. The Morgan fingerprint density at radius 2 is 0.906 bits per heavy atom. The molecule has 12 heteroatoms. The van der Waals surface area contributed by atoms with Gasteiger partial charge in [-0.3, -0.25) is 31.3 Å². The summed E-state index contributed by atoms with van der Waals surface area (Å²) in [5.41, 5.74) is 11.2. The van der Waals surface area contributed by atoms with Crippen molar-refractivity contribution in [3.8, 4) is 0 Å². The Morgan fingerprint density at radius 3 is 1.25 bits per heavy atom. The van der Waals surface area contributed by atoms with Gasteiger partial charge >= 0.3 is 0 Å². The van der Waals surface area contributed by atoms with E-state index in [0.29, 0.717) is 10.0 Å². The number of hydrogen-bond acceptors (Lipinski definition) is 4. The molecule has 0 spiro atoms. The van der Waals surface area contributed by atoms with Gasteiger partial charge in [0.1, 0.15) is 0 Å². The van der Waals surface area contributed by atoms with E-state index in [2.05, 4.69) is 21.7 Å². The number of benzene rings is 3. The second-order valence-electron chi connectivity index (χ2n) is 6.23. The molecular formula is C20H12Cl6N4O2. The largest absolute Gasteiger partial charge is 0.295 e. The van der Waals surface area contributed by atoms with Gasteiger partial charge in [-0.15, -0.1) is 0 Å². The summed E-state index contributed by atoms with van der Waals surface area (Å²) in [6, 6.07) is 11.9. The van der Waals surface area contributed by atoms with Crippen LogP contribution in [-0.2, 0) is 0 Å². The van der Waals surface area contributed by atoms with E-state index in [-0.39, 0.29) is 42.6 Å². The van der Waals surface area contributed by atoms with E-state index in [9.17, 15) is 9.59 Å². The fraction of sp³-hybridized carbons (Fsp3) is 0. The van der Waals surface area contributed by atoms with Gasteiger partial charge in [-0.25, -0.2) is 0 Å². The smallest absolute Gasteiger partial charge is 0.269 e. The average molecular weight is 553 g/mol. The van der Waals surface area contributed by atoms with Crippen LogP contribution in [0.25, 0.3) is 0 Å². The zero-order valence-corrected chi connectivity index (χ0v) is 20.2. The molecule has 0 unspecified atom stereocenters. The van der Waals surface area contributed by atoms with E-state index in [1.807, 2.05) is 0 Å². The van der Waals surface area contributed by atoms with Crippen LogP contribution in [0.4, 0.5) is 11.4 Å². The van der Waals surface area contributed by atoms with Crippen LogP contribution in [0.5, 0.6) is 0 Å². The highest BCUT2D eigenvalue weighted by Gasteiger charge is 2.14. The van der Waals surface area contributed by atoms with Gasteiger partial charge in [0, 0.05) is 21.2 Å². The summed E-state index contributed by atoms with van der Waals surface area (Å²) in [6.07, 6.45) is 0. The average Bonchev–Trinajstić information content (AvgIpc) is 2.72. The van der Waals surface area contributed by atoms with E-state index >= 15 is 0 Å². The minimum atomic E-state index is -0.529. The van der Waals surface area contributed by atoms with Crippen molar-refractivity contribution in [3.05, 3.63) is 89.8 Å². The van der Waals surface area contributed by atoms with Gasteiger partial charge in [-0.1, -0.05) is 75.7 Å². The topological polar surface area (TPSA) is 82.3 Å². The Bertz CT molecular complexity index is 1070. The second-order valence-corrected chi connectivity index (χ2v) is 8.73. The Kier molecular flexibility index (Phi) is 8.22. The first kappa shape index (κ1) is 24.6. The van der Waals surface area contributed by atoms with Crippen LogP contribution < -0.4 is 21.7 Å². The molecule has 0 saturated heterocycles. The summed E-state index contributed by atoms with van der Waals surface area (Å²) in [7, 11) is 0. The fourth-order valence-electron chi connectivity index (χ4n) is 2.51. The highest BCUT2D eigenvalue weighted by molar-refractivity contribution is 6.42. The Morgan fingerprint density at radius 1 is 0.562 bits per heavy atom. The third-order valence-corrected chi connectivity index (χ3v) is 5.63. The standard InChI is InChI=1S/C20H12Cl6N4O2/c21-11-5-13(23)17(14(24)6-11)27-29-19(31)9-2-1-3-10(4-9)20(32)30-28-18-15(25)7-12(22)8-16(18)26/h1-8,27-28H,(H,29,31)(H,30,32). The lowest BCUT2D eigenvalue weighted by atomic mass is 10.1. The van der Waals surface area contributed by atoms with Crippen LogP contribution in [0.15, 0.2) is 48.5 Å². The maximum Gasteiger partial charge on any atom is 0.269 e. The van der Waals surface area contributed by atoms with E-state index in [1.54, 1.807) is 6.07 Å². The van der Waals surface area contributed by atoms with Crippen molar-refractivity contribution in [1.82, 2.24) is 10.9 Å². The SMILES string of the molecule is O=C(NNc1c(Cl)cc(Cl)cc1Cl)c1cccc(C(=O)NNc2c(Cl)cc(Cl)cc2Cl)c1. The molecule has 0 heterocycles. The molecular weight excluding hydrogens is 541 g/mol. The summed E-state index contributed by atoms with van der Waals surface area (Å²) < 4.78 is 0. The molecule has 3 rings (SSSR count). The number of carbonyl (C=O) groups is 2. The maximum absolute atomic E-state index is 12.5. The van der Waals surface area contributed by atoms with Crippen LogP contribution in [0.3, 0.4) is 0 Å². The number of anilines is 2. The lowest BCUT2D eigenvalue weighted by Crippen LogP contribution is -2.31. The molecule has 0 aliphatic rings. The normalized spacial score (nSPS) is 10.4. The Balaban J connectivity index is 1.67.